The molecule has 5 heteroatoms. The van der Waals surface area contributed by atoms with Gasteiger partial charge in [0.1, 0.15) is 5.82 Å². The Labute approximate surface area is 123 Å². The molecule has 104 valence electrons. The van der Waals surface area contributed by atoms with E-state index in [9.17, 15) is 4.79 Å². The van der Waals surface area contributed by atoms with Crippen molar-refractivity contribution in [1.29, 1.82) is 0 Å². The molecule has 1 aliphatic heterocycles. The van der Waals surface area contributed by atoms with Crippen LogP contribution in [0.15, 0.2) is 42.7 Å². The van der Waals surface area contributed by atoms with Crippen molar-refractivity contribution < 1.29 is 4.79 Å². The molecule has 2 heterocycles. The van der Waals surface area contributed by atoms with Crippen molar-refractivity contribution in [3.63, 3.8) is 0 Å². The second-order valence-electron chi connectivity index (χ2n) is 5.00. The normalized spacial score (nSPS) is 15.8. The van der Waals surface area contributed by atoms with Crippen molar-refractivity contribution in [2.24, 2.45) is 0 Å². The van der Waals surface area contributed by atoms with Crippen LogP contribution in [0.2, 0.25) is 0 Å². The van der Waals surface area contributed by atoms with Crippen molar-refractivity contribution in [2.45, 2.75) is 24.8 Å². The van der Waals surface area contributed by atoms with Gasteiger partial charge < -0.3 is 9.47 Å². The van der Waals surface area contributed by atoms with E-state index in [0.717, 1.165) is 24.5 Å². The standard InChI is InChI=1S/C15H17N3OS/c19-15(13(20)10-12-4-2-1-3-5-12)18-9-8-17-7-6-16-14(17)11-18/h1-7,13,20H,8-11H2. The minimum absolute atomic E-state index is 0.0893. The van der Waals surface area contributed by atoms with Crippen LogP contribution in [0.3, 0.4) is 0 Å². The van der Waals surface area contributed by atoms with E-state index >= 15 is 0 Å². The van der Waals surface area contributed by atoms with E-state index in [0.29, 0.717) is 13.0 Å². The maximum absolute atomic E-state index is 12.4. The second-order valence-corrected chi connectivity index (χ2v) is 5.63. The number of fused-ring (bicyclic) bond motifs is 1. The zero-order chi connectivity index (χ0) is 13.9. The highest BCUT2D eigenvalue weighted by molar-refractivity contribution is 7.81. The highest BCUT2D eigenvalue weighted by atomic mass is 32.1. The van der Waals surface area contributed by atoms with Gasteiger partial charge in [-0.25, -0.2) is 4.98 Å². The molecule has 1 atom stereocenters. The number of hydrogen-bond acceptors (Lipinski definition) is 3. The lowest BCUT2D eigenvalue weighted by Crippen LogP contribution is -2.42. The number of aromatic nitrogens is 2. The number of thiol groups is 1. The molecule has 20 heavy (non-hydrogen) atoms. The number of nitrogens with zero attached hydrogens (tertiary/aromatic N) is 3. The summed E-state index contributed by atoms with van der Waals surface area (Å²) in [6, 6.07) is 10.00. The number of benzene rings is 1. The first-order valence-electron chi connectivity index (χ1n) is 6.75. The third kappa shape index (κ3) is 2.72. The zero-order valence-electron chi connectivity index (χ0n) is 11.1. The molecule has 0 fully saturated rings. The Morgan fingerprint density at radius 2 is 2.10 bits per heavy atom. The second kappa shape index (κ2) is 5.71. The molecule has 0 bridgehead atoms. The molecule has 0 radical (unpaired) electrons. The molecule has 2 aromatic rings. The maximum atomic E-state index is 12.4. The number of hydrogen-bond donors (Lipinski definition) is 1. The molecule has 4 nitrogen and oxygen atoms in total. The first-order valence-corrected chi connectivity index (χ1v) is 7.26. The summed E-state index contributed by atoms with van der Waals surface area (Å²) in [6.45, 7) is 2.12. The molecule has 1 amide bonds. The molecule has 1 aromatic heterocycles. The van der Waals surface area contributed by atoms with Gasteiger partial charge in [-0.15, -0.1) is 0 Å². The summed E-state index contributed by atoms with van der Waals surface area (Å²) >= 11 is 4.48. The summed E-state index contributed by atoms with van der Waals surface area (Å²) in [5.41, 5.74) is 1.14. The SMILES string of the molecule is O=C(C(S)Cc1ccccc1)N1CCn2ccnc2C1. The Morgan fingerprint density at radius 1 is 1.30 bits per heavy atom. The third-order valence-electron chi connectivity index (χ3n) is 3.61. The van der Waals surface area contributed by atoms with Crippen molar-refractivity contribution in [3.05, 3.63) is 54.1 Å². The lowest BCUT2D eigenvalue weighted by Gasteiger charge is -2.29. The minimum Gasteiger partial charge on any atom is -0.332 e. The van der Waals surface area contributed by atoms with Crippen LogP contribution >= 0.6 is 12.6 Å². The van der Waals surface area contributed by atoms with Crippen LogP contribution in [0.4, 0.5) is 0 Å². The van der Waals surface area contributed by atoms with Gasteiger partial charge in [-0.3, -0.25) is 4.79 Å². The first-order chi connectivity index (χ1) is 9.74. The molecule has 0 saturated heterocycles. The van der Waals surface area contributed by atoms with Crippen molar-refractivity contribution in [2.75, 3.05) is 6.54 Å². The van der Waals surface area contributed by atoms with Crippen LogP contribution in [-0.2, 0) is 24.3 Å². The van der Waals surface area contributed by atoms with E-state index < -0.39 is 0 Å². The topological polar surface area (TPSA) is 38.1 Å². The summed E-state index contributed by atoms with van der Waals surface area (Å²) in [4.78, 5) is 18.6. The fourth-order valence-corrected chi connectivity index (χ4v) is 2.87. The summed E-state index contributed by atoms with van der Waals surface area (Å²) in [7, 11) is 0. The molecule has 3 rings (SSSR count). The van der Waals surface area contributed by atoms with E-state index in [2.05, 4.69) is 22.2 Å². The molecule has 1 aromatic carbocycles. The molecular weight excluding hydrogens is 270 g/mol. The van der Waals surface area contributed by atoms with Crippen LogP contribution in [-0.4, -0.2) is 32.2 Å². The molecule has 1 unspecified atom stereocenters. The van der Waals surface area contributed by atoms with Gasteiger partial charge >= 0.3 is 0 Å². The molecule has 0 N–H and O–H groups in total. The number of amides is 1. The quantitative estimate of drug-likeness (QED) is 0.874. The Morgan fingerprint density at radius 3 is 2.90 bits per heavy atom. The predicted molar refractivity (Wildman–Crippen MR) is 80.6 cm³/mol. The van der Waals surface area contributed by atoms with Crippen molar-refractivity contribution >= 4 is 18.5 Å². The number of imidazole rings is 1. The molecule has 0 aliphatic carbocycles. The van der Waals surface area contributed by atoms with Crippen LogP contribution in [0.25, 0.3) is 0 Å². The fraction of sp³-hybridized carbons (Fsp3) is 0.333. The summed E-state index contributed by atoms with van der Waals surface area (Å²) in [5, 5.41) is -0.293. The Balaban J connectivity index is 1.64. The predicted octanol–water partition coefficient (Wildman–Crippen LogP) is 1.77. The highest BCUT2D eigenvalue weighted by Gasteiger charge is 2.25. The number of carbonyl (C=O) groups excluding carboxylic acids is 1. The first kappa shape index (κ1) is 13.2. The molecular formula is C15H17N3OS. The van der Waals surface area contributed by atoms with Gasteiger partial charge in [0.2, 0.25) is 5.91 Å². The van der Waals surface area contributed by atoms with Gasteiger partial charge in [0.05, 0.1) is 11.8 Å². The molecule has 1 aliphatic rings. The van der Waals surface area contributed by atoms with Gasteiger partial charge in [0.15, 0.2) is 0 Å². The minimum atomic E-state index is -0.293. The van der Waals surface area contributed by atoms with Gasteiger partial charge in [0.25, 0.3) is 0 Å². The summed E-state index contributed by atoms with van der Waals surface area (Å²) in [6.07, 6.45) is 4.40. The van der Waals surface area contributed by atoms with Gasteiger partial charge in [-0.2, -0.15) is 12.6 Å². The Kier molecular flexibility index (Phi) is 3.78. The largest absolute Gasteiger partial charge is 0.332 e. The van der Waals surface area contributed by atoms with Crippen LogP contribution in [0, 0.1) is 0 Å². The van der Waals surface area contributed by atoms with Crippen LogP contribution < -0.4 is 0 Å². The molecule has 0 spiro atoms. The van der Waals surface area contributed by atoms with Crippen molar-refractivity contribution in [1.82, 2.24) is 14.5 Å². The average Bonchev–Trinajstić information content (AvgIpc) is 2.94. The fourth-order valence-electron chi connectivity index (χ4n) is 2.50. The van der Waals surface area contributed by atoms with E-state index in [-0.39, 0.29) is 11.2 Å². The Bertz CT molecular complexity index is 596. The smallest absolute Gasteiger partial charge is 0.236 e. The van der Waals surface area contributed by atoms with Crippen molar-refractivity contribution in [3.8, 4) is 0 Å². The van der Waals surface area contributed by atoms with Crippen LogP contribution in [0.5, 0.6) is 0 Å². The van der Waals surface area contributed by atoms with E-state index in [4.69, 9.17) is 0 Å². The average molecular weight is 287 g/mol. The zero-order valence-corrected chi connectivity index (χ0v) is 12.0. The molecule has 0 saturated carbocycles. The summed E-state index contributed by atoms with van der Waals surface area (Å²) in [5.74, 6) is 1.04. The van der Waals surface area contributed by atoms with Crippen LogP contribution in [0.1, 0.15) is 11.4 Å². The lowest BCUT2D eigenvalue weighted by atomic mass is 10.1. The number of carbonyl (C=O) groups is 1. The lowest BCUT2D eigenvalue weighted by molar-refractivity contribution is -0.132. The summed E-state index contributed by atoms with van der Waals surface area (Å²) < 4.78 is 2.09. The monoisotopic (exact) mass is 287 g/mol. The Hall–Kier alpha value is -1.75. The van der Waals surface area contributed by atoms with Gasteiger partial charge in [-0.05, 0) is 12.0 Å². The van der Waals surface area contributed by atoms with E-state index in [1.54, 1.807) is 6.20 Å². The van der Waals surface area contributed by atoms with Gasteiger partial charge in [0, 0.05) is 25.5 Å². The third-order valence-corrected chi connectivity index (χ3v) is 4.02. The maximum Gasteiger partial charge on any atom is 0.236 e. The number of rotatable bonds is 3. The van der Waals surface area contributed by atoms with E-state index in [1.807, 2.05) is 41.4 Å². The van der Waals surface area contributed by atoms with Gasteiger partial charge in [-0.1, -0.05) is 30.3 Å². The van der Waals surface area contributed by atoms with E-state index in [1.165, 1.54) is 0 Å². The highest BCUT2D eigenvalue weighted by Crippen LogP contribution is 2.15.